The number of aromatic nitrogens is 4. The van der Waals surface area contributed by atoms with Crippen LogP contribution in [0.3, 0.4) is 0 Å². The first kappa shape index (κ1) is 25.4. The van der Waals surface area contributed by atoms with Crippen LogP contribution in [0.1, 0.15) is 21.6 Å². The number of alkyl halides is 3. The number of rotatable bonds is 4. The zero-order chi connectivity index (χ0) is 26.6. The Morgan fingerprint density at radius 3 is 2.70 bits per heavy atom. The fourth-order valence-electron chi connectivity index (χ4n) is 4.65. The van der Waals surface area contributed by atoms with Gasteiger partial charge < -0.3 is 9.64 Å². The number of hydrogen-bond acceptors (Lipinski definition) is 7. The number of aromatic amines is 1. The van der Waals surface area contributed by atoms with E-state index >= 15 is 0 Å². The summed E-state index contributed by atoms with van der Waals surface area (Å²) in [6, 6.07) is 3.85. The molecule has 5 rings (SSSR count). The third-order valence-corrected chi connectivity index (χ3v) is 7.09. The fraction of sp³-hybridized carbons (Fsp3) is 0.381. The molecule has 2 aromatic heterocycles. The van der Waals surface area contributed by atoms with Crippen LogP contribution in [-0.4, -0.2) is 68.4 Å². The molecule has 0 aliphatic carbocycles. The Kier molecular flexibility index (Phi) is 6.36. The van der Waals surface area contributed by atoms with Crippen LogP contribution >= 0.6 is 23.2 Å². The van der Waals surface area contributed by atoms with Crippen molar-refractivity contribution in [1.82, 2.24) is 29.8 Å². The van der Waals surface area contributed by atoms with Crippen molar-refractivity contribution >= 4 is 40.7 Å². The van der Waals surface area contributed by atoms with E-state index in [1.54, 1.807) is 0 Å². The summed E-state index contributed by atoms with van der Waals surface area (Å²) in [4.78, 5) is 41.8. The number of fused-ring (bicyclic) bond motifs is 2. The van der Waals surface area contributed by atoms with Crippen LogP contribution in [-0.2, 0) is 16.0 Å². The lowest BCUT2D eigenvalue weighted by molar-refractivity contribution is -0.207. The number of benzene rings is 1. The summed E-state index contributed by atoms with van der Waals surface area (Å²) in [7, 11) is 0. The molecule has 37 heavy (non-hydrogen) atoms. The van der Waals surface area contributed by atoms with Crippen molar-refractivity contribution < 1.29 is 31.9 Å². The van der Waals surface area contributed by atoms with Crippen LogP contribution in [0.2, 0.25) is 10.3 Å². The summed E-state index contributed by atoms with van der Waals surface area (Å²) < 4.78 is 58.0. The van der Waals surface area contributed by atoms with Gasteiger partial charge in [-0.25, -0.2) is 28.5 Å². The zero-order valence-corrected chi connectivity index (χ0v) is 20.0. The summed E-state index contributed by atoms with van der Waals surface area (Å²) in [5.41, 5.74) is -0.107. The van der Waals surface area contributed by atoms with Crippen LogP contribution in [0.15, 0.2) is 23.0 Å². The second-order valence-electron chi connectivity index (χ2n) is 8.68. The number of H-pyrrole nitrogens is 1. The number of esters is 1. The normalized spacial score (nSPS) is 21.5. The molecule has 0 saturated carbocycles. The van der Waals surface area contributed by atoms with Crippen LogP contribution in [0.5, 0.6) is 0 Å². The maximum absolute atomic E-state index is 14.7. The molecular weight excluding hydrogens is 547 g/mol. The van der Waals surface area contributed by atoms with Crippen LogP contribution in [0.25, 0.3) is 5.65 Å². The quantitative estimate of drug-likeness (QED) is 0.369. The molecule has 3 unspecified atom stereocenters. The SMILES string of the molecule is O=C(c1cc(Cc2n[nH]c(=O)n3c(Cl)c(Cl)nc23)ccc1F)N1CC2CNC(OC(=O)C(F)(F)F)C2C1. The molecule has 0 radical (unpaired) electrons. The van der Waals surface area contributed by atoms with Gasteiger partial charge in [0.15, 0.2) is 22.2 Å². The van der Waals surface area contributed by atoms with Gasteiger partial charge in [0, 0.05) is 32.0 Å². The fourth-order valence-corrected chi connectivity index (χ4v) is 5.01. The highest BCUT2D eigenvalue weighted by Crippen LogP contribution is 2.34. The van der Waals surface area contributed by atoms with E-state index in [9.17, 15) is 31.9 Å². The molecule has 4 heterocycles. The van der Waals surface area contributed by atoms with Crippen LogP contribution in [0, 0.1) is 17.7 Å². The second kappa shape index (κ2) is 9.26. The molecule has 3 atom stereocenters. The first-order chi connectivity index (χ1) is 17.4. The van der Waals surface area contributed by atoms with E-state index in [0.717, 1.165) is 10.5 Å². The van der Waals surface area contributed by atoms with Gasteiger partial charge in [-0.1, -0.05) is 29.3 Å². The largest absolute Gasteiger partial charge is 0.490 e. The Hall–Kier alpha value is -3.23. The van der Waals surface area contributed by atoms with E-state index in [1.807, 2.05) is 0 Å². The van der Waals surface area contributed by atoms with Gasteiger partial charge in [0.05, 0.1) is 5.56 Å². The topological polar surface area (TPSA) is 122 Å². The van der Waals surface area contributed by atoms with E-state index in [0.29, 0.717) is 5.56 Å². The molecule has 0 bridgehead atoms. The predicted octanol–water partition coefficient (Wildman–Crippen LogP) is 2.18. The molecular formula is C21H16Cl2F4N6O4. The number of carbonyl (C=O) groups is 2. The molecule has 16 heteroatoms. The first-order valence-electron chi connectivity index (χ1n) is 10.8. The summed E-state index contributed by atoms with van der Waals surface area (Å²) in [6.45, 7) is 0.354. The number of imidazole rings is 1. The molecule has 3 aromatic rings. The van der Waals surface area contributed by atoms with Gasteiger partial charge in [0.1, 0.15) is 11.5 Å². The number of halogens is 6. The first-order valence-corrected chi connectivity index (χ1v) is 11.6. The lowest BCUT2D eigenvalue weighted by Gasteiger charge is -2.22. The smallest absolute Gasteiger partial charge is 0.440 e. The lowest BCUT2D eigenvalue weighted by Crippen LogP contribution is -2.41. The van der Waals surface area contributed by atoms with E-state index in [-0.39, 0.29) is 59.2 Å². The Morgan fingerprint density at radius 2 is 1.97 bits per heavy atom. The Balaban J connectivity index is 1.35. The molecule has 1 amide bonds. The number of likely N-dealkylation sites (tertiary alicyclic amines) is 1. The monoisotopic (exact) mass is 562 g/mol. The average Bonchev–Trinajstić information content (AvgIpc) is 3.50. The second-order valence-corrected chi connectivity index (χ2v) is 9.40. The molecule has 0 spiro atoms. The molecule has 2 saturated heterocycles. The standard InChI is InChI=1S/C21H16Cl2F4N6O4/c22-14-15(23)33-16(29-14)13(30-31-20(33)36)4-8-1-2-12(24)10(3-8)18(34)32-6-9-5-28-17(11(9)7-32)37-19(35)21(25,26)27/h1-3,9,11,17,28H,4-7H2,(H,31,36). The summed E-state index contributed by atoms with van der Waals surface area (Å²) in [5, 5.41) is 8.74. The van der Waals surface area contributed by atoms with Gasteiger partial charge in [-0.3, -0.25) is 10.1 Å². The number of carbonyl (C=O) groups excluding carboxylic acids is 2. The number of ether oxygens (including phenoxy) is 1. The van der Waals surface area contributed by atoms with Crippen molar-refractivity contribution in [2.75, 3.05) is 19.6 Å². The third kappa shape index (κ3) is 4.64. The maximum atomic E-state index is 14.7. The highest BCUT2D eigenvalue weighted by Gasteiger charge is 2.49. The minimum absolute atomic E-state index is 0.0247. The Labute approximate surface area is 214 Å². The molecule has 2 aliphatic rings. The summed E-state index contributed by atoms with van der Waals surface area (Å²) in [5.74, 6) is -4.62. The van der Waals surface area contributed by atoms with E-state index in [4.69, 9.17) is 23.2 Å². The molecule has 2 fully saturated rings. The van der Waals surface area contributed by atoms with E-state index in [2.05, 4.69) is 25.2 Å². The van der Waals surface area contributed by atoms with Crippen molar-refractivity contribution in [2.24, 2.45) is 11.8 Å². The molecule has 196 valence electrons. The van der Waals surface area contributed by atoms with E-state index < -0.39 is 41.7 Å². The van der Waals surface area contributed by atoms with Crippen molar-refractivity contribution in [3.05, 3.63) is 61.6 Å². The minimum Gasteiger partial charge on any atom is -0.440 e. The van der Waals surface area contributed by atoms with Crippen LogP contribution in [0.4, 0.5) is 17.6 Å². The maximum Gasteiger partial charge on any atom is 0.490 e. The number of amides is 1. The molecule has 2 N–H and O–H groups in total. The van der Waals surface area contributed by atoms with Gasteiger partial charge in [-0.05, 0) is 23.6 Å². The Morgan fingerprint density at radius 1 is 1.22 bits per heavy atom. The highest BCUT2D eigenvalue weighted by atomic mass is 35.5. The third-order valence-electron chi connectivity index (χ3n) is 6.38. The molecule has 10 nitrogen and oxygen atoms in total. The van der Waals surface area contributed by atoms with Crippen molar-refractivity contribution in [1.29, 1.82) is 0 Å². The molecule has 2 aliphatic heterocycles. The van der Waals surface area contributed by atoms with Crippen molar-refractivity contribution in [3.63, 3.8) is 0 Å². The Bertz CT molecular complexity index is 1480. The van der Waals surface area contributed by atoms with Gasteiger partial charge in [0.2, 0.25) is 0 Å². The summed E-state index contributed by atoms with van der Waals surface area (Å²) >= 11 is 11.9. The number of nitrogens with one attached hydrogen (secondary N) is 2. The van der Waals surface area contributed by atoms with Crippen LogP contribution < -0.4 is 11.0 Å². The van der Waals surface area contributed by atoms with Gasteiger partial charge >= 0.3 is 17.8 Å². The van der Waals surface area contributed by atoms with E-state index in [1.165, 1.54) is 17.0 Å². The lowest BCUT2D eigenvalue weighted by atomic mass is 9.99. The zero-order valence-electron chi connectivity index (χ0n) is 18.5. The predicted molar refractivity (Wildman–Crippen MR) is 120 cm³/mol. The average molecular weight is 563 g/mol. The van der Waals surface area contributed by atoms with Crippen molar-refractivity contribution in [3.8, 4) is 0 Å². The van der Waals surface area contributed by atoms with Gasteiger partial charge in [-0.15, -0.1) is 0 Å². The minimum atomic E-state index is -5.14. The summed E-state index contributed by atoms with van der Waals surface area (Å²) in [6.07, 6.45) is -6.32. The number of nitrogens with zero attached hydrogens (tertiary/aromatic N) is 4. The van der Waals surface area contributed by atoms with Gasteiger partial charge in [-0.2, -0.15) is 18.3 Å². The molecule has 1 aromatic carbocycles. The number of hydrogen-bond donors (Lipinski definition) is 2. The highest BCUT2D eigenvalue weighted by molar-refractivity contribution is 6.40. The van der Waals surface area contributed by atoms with Crippen molar-refractivity contribution in [2.45, 2.75) is 18.8 Å². The van der Waals surface area contributed by atoms with Gasteiger partial charge in [0.25, 0.3) is 5.91 Å².